The van der Waals surface area contributed by atoms with Gasteiger partial charge in [0.15, 0.2) is 0 Å². The molecule has 0 amide bonds. The molecular formula is C6H11ClFN. The van der Waals surface area contributed by atoms with Crippen LogP contribution in [0.15, 0.2) is 11.4 Å². The van der Waals surface area contributed by atoms with Crippen molar-refractivity contribution >= 4 is 12.4 Å². The molecule has 0 saturated heterocycles. The second kappa shape index (κ2) is 3.18. The zero-order chi connectivity index (χ0) is 6.15. The molecule has 0 aromatic carbocycles. The minimum atomic E-state index is -0.00463. The summed E-state index contributed by atoms with van der Waals surface area (Å²) >= 11 is 0. The predicted octanol–water partition coefficient (Wildman–Crippen LogP) is 1.77. The zero-order valence-corrected chi connectivity index (χ0v) is 6.17. The highest BCUT2D eigenvalue weighted by atomic mass is 35.5. The molecule has 0 bridgehead atoms. The zero-order valence-electron chi connectivity index (χ0n) is 5.36. The van der Waals surface area contributed by atoms with Crippen molar-refractivity contribution in [2.24, 2.45) is 5.73 Å². The Labute approximate surface area is 60.5 Å². The number of halogens is 2. The first-order valence-corrected chi connectivity index (χ1v) is 2.82. The molecule has 0 heterocycles. The Morgan fingerprint density at radius 3 is 2.33 bits per heavy atom. The molecular weight excluding hydrogens is 141 g/mol. The Balaban J connectivity index is 0.000000640. The van der Waals surface area contributed by atoms with Gasteiger partial charge in [-0.05, 0) is 18.9 Å². The summed E-state index contributed by atoms with van der Waals surface area (Å²) in [5.74, 6) is -0.00231. The smallest absolute Gasteiger partial charge is 0.100 e. The van der Waals surface area contributed by atoms with Crippen LogP contribution in [0.2, 0.25) is 0 Å². The van der Waals surface area contributed by atoms with E-state index in [2.05, 4.69) is 0 Å². The maximum atomic E-state index is 12.4. The summed E-state index contributed by atoms with van der Waals surface area (Å²) in [6, 6.07) is -0.00463. The predicted molar refractivity (Wildman–Crippen MR) is 38.3 cm³/mol. The summed E-state index contributed by atoms with van der Waals surface area (Å²) in [6.07, 6.45) is 1.34. The quantitative estimate of drug-likeness (QED) is 0.561. The van der Waals surface area contributed by atoms with Crippen LogP contribution < -0.4 is 5.73 Å². The highest BCUT2D eigenvalue weighted by Gasteiger charge is 2.17. The fourth-order valence-electron chi connectivity index (χ4n) is 0.897. The monoisotopic (exact) mass is 151 g/mol. The Morgan fingerprint density at radius 2 is 2.22 bits per heavy atom. The second-order valence-corrected chi connectivity index (χ2v) is 2.23. The molecule has 1 unspecified atom stereocenters. The number of allylic oxidation sites excluding steroid dienone is 1. The van der Waals surface area contributed by atoms with Crippen molar-refractivity contribution in [2.45, 2.75) is 25.8 Å². The lowest BCUT2D eigenvalue weighted by Gasteiger charge is -1.99. The lowest BCUT2D eigenvalue weighted by atomic mass is 10.2. The van der Waals surface area contributed by atoms with Crippen molar-refractivity contribution in [1.82, 2.24) is 0 Å². The van der Waals surface area contributed by atoms with E-state index < -0.39 is 0 Å². The maximum absolute atomic E-state index is 12.4. The van der Waals surface area contributed by atoms with E-state index in [0.29, 0.717) is 6.42 Å². The van der Waals surface area contributed by atoms with E-state index in [0.717, 1.165) is 12.0 Å². The molecule has 1 rings (SSSR count). The van der Waals surface area contributed by atoms with Crippen molar-refractivity contribution < 1.29 is 4.39 Å². The molecule has 3 heteroatoms. The van der Waals surface area contributed by atoms with Crippen LogP contribution in [0, 0.1) is 0 Å². The third-order valence-electron chi connectivity index (χ3n) is 1.66. The van der Waals surface area contributed by atoms with Crippen molar-refractivity contribution in [3.63, 3.8) is 0 Å². The van der Waals surface area contributed by atoms with E-state index in [1.165, 1.54) is 0 Å². The number of hydrogen-bond donors (Lipinski definition) is 1. The molecule has 54 valence electrons. The molecule has 2 N–H and O–H groups in total. The molecule has 0 aromatic rings. The lowest BCUT2D eigenvalue weighted by Crippen LogP contribution is -2.16. The Bertz CT molecular complexity index is 133. The molecule has 0 radical (unpaired) electrons. The van der Waals surface area contributed by atoms with E-state index in [1.54, 1.807) is 6.92 Å². The van der Waals surface area contributed by atoms with E-state index in [1.807, 2.05) is 0 Å². The molecule has 0 spiro atoms. The first kappa shape index (κ1) is 8.92. The van der Waals surface area contributed by atoms with Gasteiger partial charge in [-0.3, -0.25) is 0 Å². The molecule has 0 aliphatic heterocycles. The summed E-state index contributed by atoms with van der Waals surface area (Å²) in [4.78, 5) is 0. The van der Waals surface area contributed by atoms with Crippen LogP contribution in [0.3, 0.4) is 0 Å². The first-order chi connectivity index (χ1) is 3.72. The Hall–Kier alpha value is -0.0800. The van der Waals surface area contributed by atoms with Gasteiger partial charge < -0.3 is 5.73 Å². The average Bonchev–Trinajstić information content (AvgIpc) is 1.98. The molecule has 0 fully saturated rings. The molecule has 0 saturated carbocycles. The van der Waals surface area contributed by atoms with Gasteiger partial charge in [-0.15, -0.1) is 12.4 Å². The summed E-state index contributed by atoms with van der Waals surface area (Å²) in [7, 11) is 0. The van der Waals surface area contributed by atoms with E-state index in [-0.39, 0.29) is 24.3 Å². The van der Waals surface area contributed by atoms with Gasteiger partial charge in [-0.2, -0.15) is 0 Å². The van der Waals surface area contributed by atoms with Crippen molar-refractivity contribution in [1.29, 1.82) is 0 Å². The van der Waals surface area contributed by atoms with Crippen LogP contribution in [-0.4, -0.2) is 6.04 Å². The normalized spacial score (nSPS) is 26.3. The van der Waals surface area contributed by atoms with E-state index in [9.17, 15) is 4.39 Å². The topological polar surface area (TPSA) is 26.0 Å². The maximum Gasteiger partial charge on any atom is 0.100 e. The number of hydrogen-bond acceptors (Lipinski definition) is 1. The van der Waals surface area contributed by atoms with Crippen molar-refractivity contribution in [3.8, 4) is 0 Å². The molecule has 9 heavy (non-hydrogen) atoms. The van der Waals surface area contributed by atoms with Crippen LogP contribution >= 0.6 is 12.4 Å². The lowest BCUT2D eigenvalue weighted by molar-refractivity contribution is 0.599. The minimum absolute atomic E-state index is 0. The van der Waals surface area contributed by atoms with Gasteiger partial charge in [0.2, 0.25) is 0 Å². The van der Waals surface area contributed by atoms with Crippen LogP contribution in [-0.2, 0) is 0 Å². The Morgan fingerprint density at radius 1 is 1.67 bits per heavy atom. The largest absolute Gasteiger partial charge is 0.324 e. The third-order valence-corrected chi connectivity index (χ3v) is 1.66. The number of rotatable bonds is 0. The molecule has 1 atom stereocenters. The average molecular weight is 152 g/mol. The van der Waals surface area contributed by atoms with Gasteiger partial charge in [-0.1, -0.05) is 0 Å². The van der Waals surface area contributed by atoms with Gasteiger partial charge in [0.25, 0.3) is 0 Å². The summed E-state index contributed by atoms with van der Waals surface area (Å²) in [5, 5.41) is 0. The summed E-state index contributed by atoms with van der Waals surface area (Å²) in [6.45, 7) is 1.76. The minimum Gasteiger partial charge on any atom is -0.324 e. The number of nitrogens with two attached hydrogens (primary N) is 1. The van der Waals surface area contributed by atoms with Crippen LogP contribution in [0.4, 0.5) is 4.39 Å². The highest BCUT2D eigenvalue weighted by Crippen LogP contribution is 2.24. The van der Waals surface area contributed by atoms with Crippen LogP contribution in [0.1, 0.15) is 19.8 Å². The second-order valence-electron chi connectivity index (χ2n) is 2.23. The van der Waals surface area contributed by atoms with E-state index >= 15 is 0 Å². The van der Waals surface area contributed by atoms with Crippen molar-refractivity contribution in [3.05, 3.63) is 11.4 Å². The molecule has 0 aromatic heterocycles. The standard InChI is InChI=1S/C6H10FN.ClH/c1-4-5(7)2-3-6(4)8;/h6H,2-3,8H2,1H3;1H. The fourth-order valence-corrected chi connectivity index (χ4v) is 0.897. The van der Waals surface area contributed by atoms with Crippen molar-refractivity contribution in [2.75, 3.05) is 0 Å². The van der Waals surface area contributed by atoms with E-state index in [4.69, 9.17) is 5.73 Å². The highest BCUT2D eigenvalue weighted by molar-refractivity contribution is 5.85. The molecule has 1 aliphatic rings. The van der Waals surface area contributed by atoms with Gasteiger partial charge in [0.1, 0.15) is 5.83 Å². The fraction of sp³-hybridized carbons (Fsp3) is 0.667. The third kappa shape index (κ3) is 1.66. The van der Waals surface area contributed by atoms with Gasteiger partial charge >= 0.3 is 0 Å². The van der Waals surface area contributed by atoms with Gasteiger partial charge in [0.05, 0.1) is 0 Å². The first-order valence-electron chi connectivity index (χ1n) is 2.82. The SMILES string of the molecule is CC1=C(F)CCC1N.Cl. The Kier molecular flexibility index (Phi) is 3.15. The van der Waals surface area contributed by atoms with Crippen LogP contribution in [0.5, 0.6) is 0 Å². The van der Waals surface area contributed by atoms with Crippen LogP contribution in [0.25, 0.3) is 0 Å². The molecule has 1 aliphatic carbocycles. The molecule has 1 nitrogen and oxygen atoms in total. The summed E-state index contributed by atoms with van der Waals surface area (Å²) < 4.78 is 12.4. The van der Waals surface area contributed by atoms with Gasteiger partial charge in [0, 0.05) is 12.5 Å². The van der Waals surface area contributed by atoms with Gasteiger partial charge in [-0.25, -0.2) is 4.39 Å². The summed E-state index contributed by atoms with van der Waals surface area (Å²) in [5.41, 5.74) is 6.21.